The fraction of sp³-hybridized carbons (Fsp3) is 0.571. The van der Waals surface area contributed by atoms with E-state index in [1.54, 1.807) is 12.1 Å². The highest BCUT2D eigenvalue weighted by molar-refractivity contribution is 5.21. The van der Waals surface area contributed by atoms with Crippen LogP contribution in [0.2, 0.25) is 0 Å². The van der Waals surface area contributed by atoms with E-state index in [1.807, 2.05) is 6.07 Å². The van der Waals surface area contributed by atoms with Gasteiger partial charge in [0.2, 0.25) is 0 Å². The van der Waals surface area contributed by atoms with E-state index in [0.29, 0.717) is 11.6 Å². The lowest BCUT2D eigenvalue weighted by atomic mass is 10.0. The standard InChI is InChI=1S/C14H22FN3/c1-11-9-17(2)7-8-18(11)10-14(16)12-5-3-4-6-13(12)15/h3-6,11,14H,7-10,16H2,1-2H3. The molecular weight excluding hydrogens is 229 g/mol. The molecule has 3 nitrogen and oxygen atoms in total. The van der Waals surface area contributed by atoms with Gasteiger partial charge in [0.15, 0.2) is 0 Å². The molecule has 100 valence electrons. The number of nitrogens with two attached hydrogens (primary N) is 1. The molecule has 0 bridgehead atoms. The maximum absolute atomic E-state index is 13.6. The van der Waals surface area contributed by atoms with Crippen LogP contribution in [0.25, 0.3) is 0 Å². The van der Waals surface area contributed by atoms with Gasteiger partial charge < -0.3 is 10.6 Å². The molecule has 2 rings (SSSR count). The second-order valence-corrected chi connectivity index (χ2v) is 5.23. The number of piperazine rings is 1. The Bertz CT molecular complexity index is 396. The molecule has 18 heavy (non-hydrogen) atoms. The molecule has 1 aromatic rings. The van der Waals surface area contributed by atoms with Crippen LogP contribution in [0, 0.1) is 5.82 Å². The number of hydrogen-bond acceptors (Lipinski definition) is 3. The third-order valence-electron chi connectivity index (χ3n) is 3.70. The molecule has 0 spiro atoms. The van der Waals surface area contributed by atoms with Crippen LogP contribution in [0.15, 0.2) is 24.3 Å². The summed E-state index contributed by atoms with van der Waals surface area (Å²) in [6, 6.07) is 7.01. The van der Waals surface area contributed by atoms with Crippen molar-refractivity contribution in [3.63, 3.8) is 0 Å². The van der Waals surface area contributed by atoms with Crippen molar-refractivity contribution in [2.75, 3.05) is 33.2 Å². The van der Waals surface area contributed by atoms with Gasteiger partial charge in [0.1, 0.15) is 5.82 Å². The Morgan fingerprint density at radius 3 is 2.78 bits per heavy atom. The highest BCUT2D eigenvalue weighted by Crippen LogP contribution is 2.18. The summed E-state index contributed by atoms with van der Waals surface area (Å²) >= 11 is 0. The summed E-state index contributed by atoms with van der Waals surface area (Å²) in [6.07, 6.45) is 0. The molecule has 1 heterocycles. The normalized spacial score (nSPS) is 24.1. The first-order valence-electron chi connectivity index (χ1n) is 6.50. The van der Waals surface area contributed by atoms with E-state index in [4.69, 9.17) is 5.73 Å². The minimum absolute atomic E-state index is 0.202. The van der Waals surface area contributed by atoms with Crippen molar-refractivity contribution in [2.45, 2.75) is 19.0 Å². The van der Waals surface area contributed by atoms with E-state index in [1.165, 1.54) is 6.07 Å². The van der Waals surface area contributed by atoms with Gasteiger partial charge in [-0.25, -0.2) is 4.39 Å². The van der Waals surface area contributed by atoms with Crippen LogP contribution in [-0.4, -0.2) is 49.1 Å². The largest absolute Gasteiger partial charge is 0.323 e. The molecule has 2 N–H and O–H groups in total. The summed E-state index contributed by atoms with van der Waals surface area (Å²) in [5.41, 5.74) is 6.74. The molecule has 0 aromatic heterocycles. The van der Waals surface area contributed by atoms with Crippen LogP contribution in [0.4, 0.5) is 4.39 Å². The SMILES string of the molecule is CC1CN(C)CCN1CC(N)c1ccccc1F. The first kappa shape index (κ1) is 13.5. The van der Waals surface area contributed by atoms with E-state index in [0.717, 1.165) is 26.2 Å². The number of rotatable bonds is 3. The van der Waals surface area contributed by atoms with Crippen molar-refractivity contribution < 1.29 is 4.39 Å². The lowest BCUT2D eigenvalue weighted by Gasteiger charge is -2.39. The summed E-state index contributed by atoms with van der Waals surface area (Å²) in [5.74, 6) is -0.202. The summed E-state index contributed by atoms with van der Waals surface area (Å²) in [7, 11) is 2.13. The van der Waals surface area contributed by atoms with Gasteiger partial charge in [0.25, 0.3) is 0 Å². The maximum atomic E-state index is 13.6. The van der Waals surface area contributed by atoms with Crippen LogP contribution in [0.5, 0.6) is 0 Å². The monoisotopic (exact) mass is 251 g/mol. The molecule has 2 atom stereocenters. The summed E-state index contributed by atoms with van der Waals surface area (Å²) in [5, 5.41) is 0. The first-order chi connectivity index (χ1) is 8.58. The molecule has 4 heteroatoms. The second-order valence-electron chi connectivity index (χ2n) is 5.23. The molecule has 0 saturated carbocycles. The summed E-state index contributed by atoms with van der Waals surface area (Å²) < 4.78 is 13.6. The Balaban J connectivity index is 1.99. The highest BCUT2D eigenvalue weighted by atomic mass is 19.1. The predicted octanol–water partition coefficient (Wildman–Crippen LogP) is 1.46. The molecule has 1 aliphatic rings. The van der Waals surface area contributed by atoms with Crippen molar-refractivity contribution in [2.24, 2.45) is 5.73 Å². The van der Waals surface area contributed by atoms with Crippen LogP contribution in [0.1, 0.15) is 18.5 Å². The van der Waals surface area contributed by atoms with E-state index in [2.05, 4.69) is 23.8 Å². The molecular formula is C14H22FN3. The van der Waals surface area contributed by atoms with Crippen molar-refractivity contribution in [3.05, 3.63) is 35.6 Å². The Morgan fingerprint density at radius 1 is 1.39 bits per heavy atom. The van der Waals surface area contributed by atoms with Crippen LogP contribution >= 0.6 is 0 Å². The van der Waals surface area contributed by atoms with Crippen molar-refractivity contribution in [1.82, 2.24) is 9.80 Å². The Morgan fingerprint density at radius 2 is 2.11 bits per heavy atom. The molecule has 0 aliphatic carbocycles. The van der Waals surface area contributed by atoms with Crippen LogP contribution in [-0.2, 0) is 0 Å². The minimum atomic E-state index is -0.253. The number of hydrogen-bond donors (Lipinski definition) is 1. The zero-order valence-electron chi connectivity index (χ0n) is 11.1. The summed E-state index contributed by atoms with van der Waals surface area (Å²) in [6.45, 7) is 6.01. The van der Waals surface area contributed by atoms with E-state index in [9.17, 15) is 4.39 Å². The average Bonchev–Trinajstić information content (AvgIpc) is 2.33. The number of halogens is 1. The maximum Gasteiger partial charge on any atom is 0.128 e. The summed E-state index contributed by atoms with van der Waals surface area (Å²) in [4.78, 5) is 4.66. The third kappa shape index (κ3) is 3.07. The van der Waals surface area contributed by atoms with E-state index < -0.39 is 0 Å². The van der Waals surface area contributed by atoms with Gasteiger partial charge in [-0.3, -0.25) is 4.90 Å². The number of benzene rings is 1. The smallest absolute Gasteiger partial charge is 0.128 e. The van der Waals surface area contributed by atoms with Crippen molar-refractivity contribution in [1.29, 1.82) is 0 Å². The molecule has 1 aromatic carbocycles. The molecule has 1 saturated heterocycles. The van der Waals surface area contributed by atoms with Crippen molar-refractivity contribution >= 4 is 0 Å². The third-order valence-corrected chi connectivity index (χ3v) is 3.70. The molecule has 2 unspecified atom stereocenters. The van der Waals surface area contributed by atoms with Crippen LogP contribution < -0.4 is 5.73 Å². The van der Waals surface area contributed by atoms with Gasteiger partial charge in [-0.05, 0) is 20.0 Å². The quantitative estimate of drug-likeness (QED) is 0.883. The molecule has 1 fully saturated rings. The predicted molar refractivity (Wildman–Crippen MR) is 71.9 cm³/mol. The molecule has 0 amide bonds. The fourth-order valence-corrected chi connectivity index (χ4v) is 2.58. The lowest BCUT2D eigenvalue weighted by Crippen LogP contribution is -2.52. The fourth-order valence-electron chi connectivity index (χ4n) is 2.58. The average molecular weight is 251 g/mol. The highest BCUT2D eigenvalue weighted by Gasteiger charge is 2.24. The van der Waals surface area contributed by atoms with Gasteiger partial charge >= 0.3 is 0 Å². The Labute approximate surface area is 108 Å². The minimum Gasteiger partial charge on any atom is -0.323 e. The number of nitrogens with zero attached hydrogens (tertiary/aromatic N) is 2. The van der Waals surface area contributed by atoms with Gasteiger partial charge in [-0.2, -0.15) is 0 Å². The van der Waals surface area contributed by atoms with E-state index in [-0.39, 0.29) is 11.9 Å². The van der Waals surface area contributed by atoms with Crippen molar-refractivity contribution in [3.8, 4) is 0 Å². The topological polar surface area (TPSA) is 32.5 Å². The van der Waals surface area contributed by atoms with Gasteiger partial charge in [0.05, 0.1) is 0 Å². The van der Waals surface area contributed by atoms with Gasteiger partial charge in [0, 0.05) is 43.8 Å². The second kappa shape index (κ2) is 5.78. The molecule has 0 radical (unpaired) electrons. The van der Waals surface area contributed by atoms with E-state index >= 15 is 0 Å². The zero-order valence-corrected chi connectivity index (χ0v) is 11.1. The first-order valence-corrected chi connectivity index (χ1v) is 6.50. The van der Waals surface area contributed by atoms with Gasteiger partial charge in [-0.15, -0.1) is 0 Å². The Hall–Kier alpha value is -0.970. The number of likely N-dealkylation sites (N-methyl/N-ethyl adjacent to an activating group) is 1. The van der Waals surface area contributed by atoms with Gasteiger partial charge in [-0.1, -0.05) is 18.2 Å². The lowest BCUT2D eigenvalue weighted by molar-refractivity contribution is 0.0942. The Kier molecular flexibility index (Phi) is 4.32. The zero-order chi connectivity index (χ0) is 13.1. The van der Waals surface area contributed by atoms with Crippen LogP contribution in [0.3, 0.4) is 0 Å². The molecule has 1 aliphatic heterocycles.